The fourth-order valence-electron chi connectivity index (χ4n) is 11.0. The quantitative estimate of drug-likeness (QED) is 0.181. The van der Waals surface area contributed by atoms with E-state index in [-0.39, 0.29) is 16.7 Å². The van der Waals surface area contributed by atoms with Crippen LogP contribution in [-0.2, 0) is 22.0 Å². The SMILES string of the molecule is CC1(C)c2ccccc2-c2ccc(C3=CCCC4=C3OC3=C(c5ccccc5)c5oc6c(-c7ccc8c(c7)C(C)(C)c7ccccc7-8)cccc6c5CC43)cc21. The van der Waals surface area contributed by atoms with E-state index in [4.69, 9.17) is 9.15 Å². The van der Waals surface area contributed by atoms with Crippen molar-refractivity contribution >= 4 is 22.1 Å². The van der Waals surface area contributed by atoms with Gasteiger partial charge in [0, 0.05) is 38.8 Å². The first-order valence-electron chi connectivity index (χ1n) is 20.2. The topological polar surface area (TPSA) is 22.4 Å². The third-order valence-corrected chi connectivity index (χ3v) is 13.8. The van der Waals surface area contributed by atoms with E-state index < -0.39 is 0 Å². The second-order valence-corrected chi connectivity index (χ2v) is 17.4. The number of rotatable bonds is 3. The minimum atomic E-state index is -0.0718. The van der Waals surface area contributed by atoms with Gasteiger partial charge in [-0.25, -0.2) is 0 Å². The fourth-order valence-corrected chi connectivity index (χ4v) is 11.0. The first-order valence-corrected chi connectivity index (χ1v) is 20.2. The molecule has 7 aromatic rings. The molecule has 6 aromatic carbocycles. The molecule has 12 rings (SSSR count). The van der Waals surface area contributed by atoms with Crippen LogP contribution >= 0.6 is 0 Å². The predicted molar refractivity (Wildman–Crippen MR) is 228 cm³/mol. The van der Waals surface area contributed by atoms with Crippen LogP contribution < -0.4 is 0 Å². The van der Waals surface area contributed by atoms with E-state index >= 15 is 0 Å². The number of fused-ring (bicyclic) bond motifs is 11. The zero-order valence-corrected chi connectivity index (χ0v) is 32.3. The molecular weight excluding hydrogens is 681 g/mol. The molecule has 0 saturated carbocycles. The minimum Gasteiger partial charge on any atom is -0.460 e. The Morgan fingerprint density at radius 3 is 1.88 bits per heavy atom. The summed E-state index contributed by atoms with van der Waals surface area (Å²) in [5.74, 6) is 3.19. The average Bonchev–Trinajstić information content (AvgIpc) is 3.93. The Morgan fingerprint density at radius 1 is 0.554 bits per heavy atom. The van der Waals surface area contributed by atoms with Crippen LogP contribution in [0.2, 0.25) is 0 Å². The van der Waals surface area contributed by atoms with Crippen molar-refractivity contribution in [1.82, 2.24) is 0 Å². The number of ether oxygens (including phenoxy) is 1. The van der Waals surface area contributed by atoms with Crippen molar-refractivity contribution in [2.75, 3.05) is 0 Å². The van der Waals surface area contributed by atoms with Gasteiger partial charge in [-0.2, -0.15) is 0 Å². The second kappa shape index (κ2) is 11.2. The largest absolute Gasteiger partial charge is 0.460 e. The van der Waals surface area contributed by atoms with Gasteiger partial charge in [-0.3, -0.25) is 0 Å². The van der Waals surface area contributed by atoms with Crippen molar-refractivity contribution in [2.24, 2.45) is 5.92 Å². The van der Waals surface area contributed by atoms with Gasteiger partial charge < -0.3 is 9.15 Å². The summed E-state index contributed by atoms with van der Waals surface area (Å²) in [6.45, 7) is 9.42. The van der Waals surface area contributed by atoms with E-state index in [1.54, 1.807) is 0 Å². The zero-order valence-electron chi connectivity index (χ0n) is 32.3. The number of para-hydroxylation sites is 1. The average molecular weight is 723 g/mol. The molecule has 2 heterocycles. The molecule has 4 aliphatic carbocycles. The molecule has 0 spiro atoms. The lowest BCUT2D eigenvalue weighted by atomic mass is 9.77. The van der Waals surface area contributed by atoms with E-state index in [0.717, 1.165) is 58.8 Å². The molecule has 0 saturated heterocycles. The van der Waals surface area contributed by atoms with Crippen LogP contribution in [-0.4, -0.2) is 0 Å². The Bertz CT molecular complexity index is 2960. The molecule has 2 nitrogen and oxygen atoms in total. The van der Waals surface area contributed by atoms with Gasteiger partial charge in [-0.15, -0.1) is 0 Å². The maximum atomic E-state index is 7.24. The summed E-state index contributed by atoms with van der Waals surface area (Å²) < 4.78 is 14.4. The smallest absolute Gasteiger partial charge is 0.142 e. The van der Waals surface area contributed by atoms with Gasteiger partial charge in [0.25, 0.3) is 0 Å². The van der Waals surface area contributed by atoms with Crippen LogP contribution in [0.4, 0.5) is 0 Å². The summed E-state index contributed by atoms with van der Waals surface area (Å²) in [7, 11) is 0. The number of allylic oxidation sites excluding steroid dienone is 3. The Hall–Kier alpha value is -6.12. The summed E-state index contributed by atoms with van der Waals surface area (Å²) in [5, 5.41) is 1.20. The van der Waals surface area contributed by atoms with Crippen molar-refractivity contribution in [1.29, 1.82) is 0 Å². The molecule has 2 heteroatoms. The minimum absolute atomic E-state index is 0.0583. The number of hydrogen-bond donors (Lipinski definition) is 0. The Morgan fingerprint density at radius 2 is 1.16 bits per heavy atom. The van der Waals surface area contributed by atoms with Crippen molar-refractivity contribution in [3.8, 4) is 33.4 Å². The lowest BCUT2D eigenvalue weighted by molar-refractivity contribution is 0.319. The van der Waals surface area contributed by atoms with E-state index in [2.05, 4.69) is 167 Å². The van der Waals surface area contributed by atoms with Crippen LogP contribution in [0.3, 0.4) is 0 Å². The van der Waals surface area contributed by atoms with E-state index in [1.165, 1.54) is 77.7 Å². The fraction of sp³-hybridized carbons (Fsp3) is 0.185. The van der Waals surface area contributed by atoms with Crippen LogP contribution in [0, 0.1) is 5.92 Å². The normalized spacial score (nSPS) is 19.1. The van der Waals surface area contributed by atoms with E-state index in [0.29, 0.717) is 0 Å². The van der Waals surface area contributed by atoms with Crippen molar-refractivity contribution < 1.29 is 9.15 Å². The second-order valence-electron chi connectivity index (χ2n) is 17.4. The number of furan rings is 1. The monoisotopic (exact) mass is 722 g/mol. The van der Waals surface area contributed by atoms with Crippen LogP contribution in [0.25, 0.3) is 55.5 Å². The van der Waals surface area contributed by atoms with Crippen molar-refractivity contribution in [2.45, 2.75) is 57.8 Å². The molecule has 1 unspecified atom stereocenters. The maximum absolute atomic E-state index is 7.24. The summed E-state index contributed by atoms with van der Waals surface area (Å²) >= 11 is 0. The Labute approximate surface area is 328 Å². The predicted octanol–water partition coefficient (Wildman–Crippen LogP) is 13.8. The first kappa shape index (κ1) is 32.2. The maximum Gasteiger partial charge on any atom is 0.142 e. The Balaban J connectivity index is 0.981. The summed E-state index contributed by atoms with van der Waals surface area (Å²) in [4.78, 5) is 0. The molecule has 0 fully saturated rings. The van der Waals surface area contributed by atoms with Gasteiger partial charge in [-0.05, 0) is 98.2 Å². The van der Waals surface area contributed by atoms with Gasteiger partial charge in [0.2, 0.25) is 0 Å². The molecule has 5 aliphatic rings. The highest BCUT2D eigenvalue weighted by atomic mass is 16.5. The summed E-state index contributed by atoms with van der Waals surface area (Å²) in [5.41, 5.74) is 21.5. The number of benzene rings is 6. The molecule has 0 radical (unpaired) electrons. The summed E-state index contributed by atoms with van der Waals surface area (Å²) in [6.07, 6.45) is 5.28. The van der Waals surface area contributed by atoms with Gasteiger partial charge in [0.05, 0.1) is 5.57 Å². The standard InChI is InChI=1S/C54H42O2/c1-53(2)44-22-10-8-16-36(44)38-26-24-32(28-46(38)53)34-18-12-20-40-42-30-43-41-21-13-19-35(33-25-27-39-37-17-9-11-23-45(37)54(3,4)47(39)29-33)50(41)56-52(43)48(51(42)55-49(34)40)31-14-6-5-7-15-31/h5-12,14-20,22-29,43H,13,21,30H2,1-4H3. The molecule has 270 valence electrons. The highest BCUT2D eigenvalue weighted by Gasteiger charge is 2.44. The van der Waals surface area contributed by atoms with E-state index in [1.807, 2.05) is 0 Å². The van der Waals surface area contributed by atoms with Crippen LogP contribution in [0.15, 0.2) is 161 Å². The molecule has 0 amide bonds. The third-order valence-electron chi connectivity index (χ3n) is 13.8. The van der Waals surface area contributed by atoms with Crippen LogP contribution in [0.5, 0.6) is 0 Å². The highest BCUT2D eigenvalue weighted by Crippen LogP contribution is 2.56. The van der Waals surface area contributed by atoms with E-state index in [9.17, 15) is 0 Å². The van der Waals surface area contributed by atoms with Gasteiger partial charge in [-0.1, -0.05) is 155 Å². The lowest BCUT2D eigenvalue weighted by Crippen LogP contribution is -2.15. The third kappa shape index (κ3) is 4.22. The zero-order chi connectivity index (χ0) is 37.5. The Kier molecular flexibility index (Phi) is 6.45. The highest BCUT2D eigenvalue weighted by molar-refractivity contribution is 6.00. The van der Waals surface area contributed by atoms with Gasteiger partial charge in [0.1, 0.15) is 22.9 Å². The number of hydrogen-bond acceptors (Lipinski definition) is 2. The van der Waals surface area contributed by atoms with Gasteiger partial charge >= 0.3 is 0 Å². The van der Waals surface area contributed by atoms with Crippen molar-refractivity contribution in [3.63, 3.8) is 0 Å². The van der Waals surface area contributed by atoms with Crippen molar-refractivity contribution in [3.05, 3.63) is 201 Å². The molecule has 0 bridgehead atoms. The van der Waals surface area contributed by atoms with Gasteiger partial charge in [0.15, 0.2) is 0 Å². The molecule has 1 atom stereocenters. The summed E-state index contributed by atoms with van der Waals surface area (Å²) in [6, 6.07) is 49.3. The van der Waals surface area contributed by atoms with Crippen LogP contribution in [0.1, 0.15) is 85.2 Å². The molecule has 0 N–H and O–H groups in total. The molecule has 1 aromatic heterocycles. The molecule has 56 heavy (non-hydrogen) atoms. The molecular formula is C54H42O2. The lowest BCUT2D eigenvalue weighted by Gasteiger charge is -2.23. The molecule has 1 aliphatic heterocycles. The first-order chi connectivity index (χ1) is 27.3.